The second-order valence-corrected chi connectivity index (χ2v) is 7.42. The molecule has 29 heavy (non-hydrogen) atoms. The number of hydrogen-bond donors (Lipinski definition) is 0. The standard InChI is InChI=1S/C22H23ClN2O4/c1-16-11-17(23)3-8-21(16)22(14-25-10-9-24-15-25)28-13-20(29-22)12-27-19-6-4-18(26-2)5-7-19/h3-11,15,20H,12-14H2,1-2H3. The molecule has 0 saturated carbocycles. The highest BCUT2D eigenvalue weighted by Crippen LogP contribution is 2.38. The lowest BCUT2D eigenvalue weighted by Gasteiger charge is -2.30. The highest BCUT2D eigenvalue weighted by molar-refractivity contribution is 6.30. The van der Waals surface area contributed by atoms with E-state index in [0.717, 1.165) is 22.6 Å². The minimum atomic E-state index is -0.927. The molecule has 152 valence electrons. The molecule has 4 rings (SSSR count). The maximum atomic E-state index is 6.43. The van der Waals surface area contributed by atoms with Crippen molar-refractivity contribution in [3.05, 3.63) is 77.3 Å². The van der Waals surface area contributed by atoms with Crippen LogP contribution in [0.5, 0.6) is 11.5 Å². The van der Waals surface area contributed by atoms with E-state index in [1.807, 2.05) is 60.2 Å². The average Bonchev–Trinajstić information content (AvgIpc) is 3.37. The van der Waals surface area contributed by atoms with E-state index in [-0.39, 0.29) is 6.10 Å². The topological polar surface area (TPSA) is 54.7 Å². The zero-order valence-corrected chi connectivity index (χ0v) is 17.1. The Morgan fingerprint density at radius 3 is 2.69 bits per heavy atom. The summed E-state index contributed by atoms with van der Waals surface area (Å²) in [5.74, 6) is 0.614. The third kappa shape index (κ3) is 4.40. The van der Waals surface area contributed by atoms with Gasteiger partial charge in [0.15, 0.2) is 0 Å². The van der Waals surface area contributed by atoms with E-state index in [0.29, 0.717) is 24.8 Å². The monoisotopic (exact) mass is 414 g/mol. The van der Waals surface area contributed by atoms with Crippen molar-refractivity contribution in [3.8, 4) is 11.5 Å². The molecule has 6 nitrogen and oxygen atoms in total. The van der Waals surface area contributed by atoms with E-state index >= 15 is 0 Å². The normalized spacial score (nSPS) is 21.3. The first-order valence-electron chi connectivity index (χ1n) is 9.39. The Bertz CT molecular complexity index is 946. The van der Waals surface area contributed by atoms with Gasteiger partial charge in [0, 0.05) is 23.0 Å². The molecule has 7 heteroatoms. The molecule has 1 aliphatic rings. The maximum Gasteiger partial charge on any atom is 0.214 e. The predicted octanol–water partition coefficient (Wildman–Crippen LogP) is 4.20. The summed E-state index contributed by atoms with van der Waals surface area (Å²) in [4.78, 5) is 4.13. The Hall–Kier alpha value is -2.54. The zero-order valence-electron chi connectivity index (χ0n) is 16.4. The number of methoxy groups -OCH3 is 1. The van der Waals surface area contributed by atoms with Crippen LogP contribution < -0.4 is 9.47 Å². The molecular formula is C22H23ClN2O4. The van der Waals surface area contributed by atoms with Crippen LogP contribution >= 0.6 is 11.6 Å². The number of nitrogens with zero attached hydrogens (tertiary/aromatic N) is 2. The van der Waals surface area contributed by atoms with Gasteiger partial charge in [-0.2, -0.15) is 0 Å². The van der Waals surface area contributed by atoms with E-state index < -0.39 is 5.79 Å². The zero-order chi connectivity index (χ0) is 20.3. The number of imidazole rings is 1. The Morgan fingerprint density at radius 1 is 1.21 bits per heavy atom. The van der Waals surface area contributed by atoms with Gasteiger partial charge in [0.2, 0.25) is 5.79 Å². The molecular weight excluding hydrogens is 392 g/mol. The van der Waals surface area contributed by atoms with Crippen LogP contribution in [0.25, 0.3) is 0 Å². The summed E-state index contributed by atoms with van der Waals surface area (Å²) < 4.78 is 25.7. The number of benzene rings is 2. The number of aryl methyl sites for hydroxylation is 1. The van der Waals surface area contributed by atoms with Crippen LogP contribution in [0, 0.1) is 6.92 Å². The fourth-order valence-corrected chi connectivity index (χ4v) is 3.72. The first kappa shape index (κ1) is 19.8. The fourth-order valence-electron chi connectivity index (χ4n) is 3.49. The average molecular weight is 415 g/mol. The van der Waals surface area contributed by atoms with E-state index in [9.17, 15) is 0 Å². The number of hydrogen-bond acceptors (Lipinski definition) is 5. The Kier molecular flexibility index (Phi) is 5.76. The molecule has 0 amide bonds. The van der Waals surface area contributed by atoms with Crippen molar-refractivity contribution in [2.75, 3.05) is 20.3 Å². The van der Waals surface area contributed by atoms with Gasteiger partial charge < -0.3 is 23.5 Å². The van der Waals surface area contributed by atoms with E-state index in [1.165, 1.54) is 0 Å². The van der Waals surface area contributed by atoms with Gasteiger partial charge in [0.1, 0.15) is 24.2 Å². The molecule has 3 aromatic rings. The molecule has 2 unspecified atom stereocenters. The Balaban J connectivity index is 1.51. The first-order valence-corrected chi connectivity index (χ1v) is 9.77. The molecule has 1 fully saturated rings. The van der Waals surface area contributed by atoms with E-state index in [2.05, 4.69) is 4.98 Å². The van der Waals surface area contributed by atoms with E-state index in [1.54, 1.807) is 19.6 Å². The van der Waals surface area contributed by atoms with Gasteiger partial charge in [-0.05, 0) is 48.9 Å². The van der Waals surface area contributed by atoms with Gasteiger partial charge in [-0.25, -0.2) is 4.98 Å². The molecule has 2 atom stereocenters. The van der Waals surface area contributed by atoms with Crippen molar-refractivity contribution in [3.63, 3.8) is 0 Å². The quantitative estimate of drug-likeness (QED) is 0.580. The van der Waals surface area contributed by atoms with Gasteiger partial charge in [-0.3, -0.25) is 0 Å². The largest absolute Gasteiger partial charge is 0.497 e. The lowest BCUT2D eigenvalue weighted by atomic mass is 10.00. The van der Waals surface area contributed by atoms with Gasteiger partial charge in [-0.15, -0.1) is 0 Å². The summed E-state index contributed by atoms with van der Waals surface area (Å²) in [6.07, 6.45) is 5.17. The van der Waals surface area contributed by atoms with Crippen molar-refractivity contribution in [2.24, 2.45) is 0 Å². The fraction of sp³-hybridized carbons (Fsp3) is 0.318. The van der Waals surface area contributed by atoms with Crippen molar-refractivity contribution < 1.29 is 18.9 Å². The van der Waals surface area contributed by atoms with Crippen LogP contribution in [0.4, 0.5) is 0 Å². The smallest absolute Gasteiger partial charge is 0.214 e. The lowest BCUT2D eigenvalue weighted by molar-refractivity contribution is -0.189. The highest BCUT2D eigenvalue weighted by Gasteiger charge is 2.44. The summed E-state index contributed by atoms with van der Waals surface area (Å²) in [5.41, 5.74) is 1.96. The van der Waals surface area contributed by atoms with Crippen molar-refractivity contribution >= 4 is 11.6 Å². The van der Waals surface area contributed by atoms with Gasteiger partial charge >= 0.3 is 0 Å². The Morgan fingerprint density at radius 2 is 2.00 bits per heavy atom. The summed E-state index contributed by atoms with van der Waals surface area (Å²) in [6, 6.07) is 13.2. The van der Waals surface area contributed by atoms with Gasteiger partial charge in [0.05, 0.1) is 26.6 Å². The van der Waals surface area contributed by atoms with Crippen molar-refractivity contribution in [1.29, 1.82) is 0 Å². The summed E-state index contributed by atoms with van der Waals surface area (Å²) in [6.45, 7) is 3.29. The van der Waals surface area contributed by atoms with Crippen LogP contribution in [0.15, 0.2) is 61.2 Å². The van der Waals surface area contributed by atoms with Gasteiger partial charge in [-0.1, -0.05) is 17.7 Å². The van der Waals surface area contributed by atoms with Crippen LogP contribution in [-0.4, -0.2) is 36.0 Å². The number of aromatic nitrogens is 2. The number of ether oxygens (including phenoxy) is 4. The lowest BCUT2D eigenvalue weighted by Crippen LogP contribution is -2.35. The minimum absolute atomic E-state index is 0.212. The molecule has 0 N–H and O–H groups in total. The molecule has 0 spiro atoms. The third-order valence-electron chi connectivity index (χ3n) is 4.90. The summed E-state index contributed by atoms with van der Waals surface area (Å²) >= 11 is 6.15. The molecule has 0 bridgehead atoms. The van der Waals surface area contributed by atoms with E-state index in [4.69, 9.17) is 30.5 Å². The van der Waals surface area contributed by atoms with Crippen LogP contribution in [-0.2, 0) is 21.8 Å². The molecule has 2 aromatic carbocycles. The Labute approximate surface area is 174 Å². The predicted molar refractivity (Wildman–Crippen MR) is 109 cm³/mol. The molecule has 1 aliphatic heterocycles. The molecule has 1 aromatic heterocycles. The summed E-state index contributed by atoms with van der Waals surface area (Å²) in [7, 11) is 1.64. The minimum Gasteiger partial charge on any atom is -0.497 e. The molecule has 0 radical (unpaired) electrons. The molecule has 2 heterocycles. The third-order valence-corrected chi connectivity index (χ3v) is 5.14. The maximum absolute atomic E-state index is 6.43. The van der Waals surface area contributed by atoms with Crippen molar-refractivity contribution in [1.82, 2.24) is 9.55 Å². The van der Waals surface area contributed by atoms with Crippen LogP contribution in [0.1, 0.15) is 11.1 Å². The molecule has 0 aliphatic carbocycles. The highest BCUT2D eigenvalue weighted by atomic mass is 35.5. The van der Waals surface area contributed by atoms with Gasteiger partial charge in [0.25, 0.3) is 0 Å². The second-order valence-electron chi connectivity index (χ2n) is 6.98. The number of halogens is 1. The molecule has 1 saturated heterocycles. The van der Waals surface area contributed by atoms with Crippen LogP contribution in [0.2, 0.25) is 5.02 Å². The first-order chi connectivity index (χ1) is 14.1. The number of rotatable bonds is 7. The second kappa shape index (κ2) is 8.45. The SMILES string of the molecule is COc1ccc(OCC2COC(Cn3ccnc3)(c3ccc(Cl)cc3C)O2)cc1. The summed E-state index contributed by atoms with van der Waals surface area (Å²) in [5, 5.41) is 0.682. The van der Waals surface area contributed by atoms with Crippen molar-refractivity contribution in [2.45, 2.75) is 25.4 Å². The van der Waals surface area contributed by atoms with Crippen LogP contribution in [0.3, 0.4) is 0 Å².